The van der Waals surface area contributed by atoms with Crippen LogP contribution < -0.4 is 10.1 Å². The van der Waals surface area contributed by atoms with E-state index < -0.39 is 9.84 Å². The molecule has 0 fully saturated rings. The molecule has 0 aromatic heterocycles. The Morgan fingerprint density at radius 2 is 1.95 bits per heavy atom. The maximum atomic E-state index is 11.4. The fourth-order valence-electron chi connectivity index (χ4n) is 1.99. The molecular weight excluding hydrogens is 274 g/mol. The van der Waals surface area contributed by atoms with E-state index in [1.54, 1.807) is 6.92 Å². The van der Waals surface area contributed by atoms with Crippen LogP contribution in [0.2, 0.25) is 0 Å². The molecule has 0 saturated carbocycles. The fraction of sp³-hybridized carbons (Fsp3) is 0.600. The molecule has 114 valence electrons. The SMILES string of the molecule is CCNC(C)c1ccccc1OCCCS(=O)(=O)CC. The quantitative estimate of drug-likeness (QED) is 0.712. The van der Waals surface area contributed by atoms with Gasteiger partial charge in [-0.05, 0) is 26.0 Å². The summed E-state index contributed by atoms with van der Waals surface area (Å²) in [5.41, 5.74) is 1.10. The molecule has 0 amide bonds. The monoisotopic (exact) mass is 299 g/mol. The van der Waals surface area contributed by atoms with Crippen molar-refractivity contribution in [2.75, 3.05) is 24.7 Å². The third kappa shape index (κ3) is 5.51. The van der Waals surface area contributed by atoms with Crippen molar-refractivity contribution >= 4 is 9.84 Å². The Balaban J connectivity index is 2.56. The van der Waals surface area contributed by atoms with E-state index in [-0.39, 0.29) is 17.5 Å². The second-order valence-corrected chi connectivity index (χ2v) is 7.23. The minimum absolute atomic E-state index is 0.189. The van der Waals surface area contributed by atoms with Gasteiger partial charge in [0.05, 0.1) is 12.4 Å². The van der Waals surface area contributed by atoms with E-state index >= 15 is 0 Å². The maximum absolute atomic E-state index is 11.4. The molecule has 0 radical (unpaired) electrons. The molecule has 1 N–H and O–H groups in total. The molecule has 1 aromatic rings. The molecule has 0 bridgehead atoms. The number of sulfone groups is 1. The van der Waals surface area contributed by atoms with Gasteiger partial charge in [-0.25, -0.2) is 8.42 Å². The molecule has 4 nitrogen and oxygen atoms in total. The number of hydrogen-bond acceptors (Lipinski definition) is 4. The molecule has 0 saturated heterocycles. The Morgan fingerprint density at radius 3 is 2.60 bits per heavy atom. The number of nitrogens with one attached hydrogen (secondary N) is 1. The second-order valence-electron chi connectivity index (χ2n) is 4.76. The van der Waals surface area contributed by atoms with Crippen LogP contribution in [0.25, 0.3) is 0 Å². The van der Waals surface area contributed by atoms with Gasteiger partial charge >= 0.3 is 0 Å². The number of hydrogen-bond donors (Lipinski definition) is 1. The summed E-state index contributed by atoms with van der Waals surface area (Å²) in [6, 6.07) is 8.09. The zero-order chi connectivity index (χ0) is 15.0. The Hall–Kier alpha value is -1.07. The molecule has 0 spiro atoms. The van der Waals surface area contributed by atoms with Crippen LogP contribution in [0.15, 0.2) is 24.3 Å². The summed E-state index contributed by atoms with van der Waals surface area (Å²) in [5, 5.41) is 3.35. The zero-order valence-corrected chi connectivity index (χ0v) is 13.4. The Kier molecular flexibility index (Phi) is 7.02. The predicted molar refractivity (Wildman–Crippen MR) is 83.0 cm³/mol. The van der Waals surface area contributed by atoms with Gasteiger partial charge < -0.3 is 10.1 Å². The summed E-state index contributed by atoms with van der Waals surface area (Å²) in [6.07, 6.45) is 0.528. The number of para-hydroxylation sites is 1. The normalized spacial score (nSPS) is 13.2. The highest BCUT2D eigenvalue weighted by molar-refractivity contribution is 7.91. The summed E-state index contributed by atoms with van der Waals surface area (Å²) >= 11 is 0. The zero-order valence-electron chi connectivity index (χ0n) is 12.6. The van der Waals surface area contributed by atoms with E-state index in [0.29, 0.717) is 13.0 Å². The van der Waals surface area contributed by atoms with Gasteiger partial charge in [0.2, 0.25) is 0 Å². The summed E-state index contributed by atoms with van der Waals surface area (Å²) in [6.45, 7) is 7.14. The van der Waals surface area contributed by atoms with E-state index in [9.17, 15) is 8.42 Å². The van der Waals surface area contributed by atoms with Crippen molar-refractivity contribution in [2.24, 2.45) is 0 Å². The van der Waals surface area contributed by atoms with Crippen molar-refractivity contribution in [1.82, 2.24) is 5.32 Å². The summed E-state index contributed by atoms with van der Waals surface area (Å²) in [5.74, 6) is 1.21. The van der Waals surface area contributed by atoms with Crippen LogP contribution in [0, 0.1) is 0 Å². The van der Waals surface area contributed by atoms with Crippen LogP contribution in [0.3, 0.4) is 0 Å². The molecular formula is C15H25NO3S. The number of ether oxygens (including phenoxy) is 1. The van der Waals surface area contributed by atoms with E-state index in [1.807, 2.05) is 24.3 Å². The lowest BCUT2D eigenvalue weighted by molar-refractivity contribution is 0.311. The lowest BCUT2D eigenvalue weighted by Crippen LogP contribution is -2.19. The second kappa shape index (κ2) is 8.27. The molecule has 0 aliphatic rings. The lowest BCUT2D eigenvalue weighted by Gasteiger charge is -2.17. The fourth-order valence-corrected chi connectivity index (χ4v) is 2.84. The smallest absolute Gasteiger partial charge is 0.150 e. The first-order chi connectivity index (χ1) is 9.50. The third-order valence-electron chi connectivity index (χ3n) is 3.19. The first kappa shape index (κ1) is 17.0. The first-order valence-corrected chi connectivity index (χ1v) is 8.97. The van der Waals surface area contributed by atoms with Crippen molar-refractivity contribution < 1.29 is 13.2 Å². The highest BCUT2D eigenvalue weighted by atomic mass is 32.2. The first-order valence-electron chi connectivity index (χ1n) is 7.15. The third-order valence-corrected chi connectivity index (χ3v) is 4.98. The van der Waals surface area contributed by atoms with Crippen LogP contribution in [0.1, 0.15) is 38.8 Å². The Morgan fingerprint density at radius 1 is 1.25 bits per heavy atom. The maximum Gasteiger partial charge on any atom is 0.150 e. The summed E-state index contributed by atoms with van der Waals surface area (Å²) < 4.78 is 28.6. The van der Waals surface area contributed by atoms with Crippen molar-refractivity contribution in [3.8, 4) is 5.75 Å². The lowest BCUT2D eigenvalue weighted by atomic mass is 10.1. The van der Waals surface area contributed by atoms with E-state index in [0.717, 1.165) is 17.9 Å². The minimum atomic E-state index is -2.90. The Labute approximate surface area is 122 Å². The van der Waals surface area contributed by atoms with Crippen molar-refractivity contribution in [3.05, 3.63) is 29.8 Å². The van der Waals surface area contributed by atoms with Gasteiger partial charge in [0.25, 0.3) is 0 Å². The average Bonchev–Trinajstić information content (AvgIpc) is 2.44. The van der Waals surface area contributed by atoms with Crippen molar-refractivity contribution in [3.63, 3.8) is 0 Å². The molecule has 0 aliphatic carbocycles. The molecule has 20 heavy (non-hydrogen) atoms. The van der Waals surface area contributed by atoms with Crippen molar-refractivity contribution in [2.45, 2.75) is 33.2 Å². The van der Waals surface area contributed by atoms with Gasteiger partial charge in [0, 0.05) is 17.4 Å². The number of benzene rings is 1. The standard InChI is InChI=1S/C15H25NO3S/c1-4-16-13(3)14-9-6-7-10-15(14)19-11-8-12-20(17,18)5-2/h6-7,9-10,13,16H,4-5,8,11-12H2,1-3H3. The van der Waals surface area contributed by atoms with E-state index in [1.165, 1.54) is 0 Å². The molecule has 5 heteroatoms. The highest BCUT2D eigenvalue weighted by Gasteiger charge is 2.11. The molecule has 1 atom stereocenters. The van der Waals surface area contributed by atoms with Crippen LogP contribution in [-0.2, 0) is 9.84 Å². The van der Waals surface area contributed by atoms with E-state index in [4.69, 9.17) is 4.74 Å². The molecule has 0 aliphatic heterocycles. The average molecular weight is 299 g/mol. The van der Waals surface area contributed by atoms with Gasteiger partial charge in [-0.1, -0.05) is 32.0 Å². The van der Waals surface area contributed by atoms with Crippen LogP contribution in [-0.4, -0.2) is 33.1 Å². The van der Waals surface area contributed by atoms with Gasteiger partial charge in [0.1, 0.15) is 15.6 Å². The molecule has 1 aromatic carbocycles. The van der Waals surface area contributed by atoms with Crippen LogP contribution >= 0.6 is 0 Å². The summed E-state index contributed by atoms with van der Waals surface area (Å²) in [7, 11) is -2.90. The van der Waals surface area contributed by atoms with Crippen LogP contribution in [0.5, 0.6) is 5.75 Å². The van der Waals surface area contributed by atoms with Crippen LogP contribution in [0.4, 0.5) is 0 Å². The highest BCUT2D eigenvalue weighted by Crippen LogP contribution is 2.24. The van der Waals surface area contributed by atoms with Gasteiger partial charge in [-0.3, -0.25) is 0 Å². The van der Waals surface area contributed by atoms with Gasteiger partial charge in [0.15, 0.2) is 0 Å². The topological polar surface area (TPSA) is 55.4 Å². The largest absolute Gasteiger partial charge is 0.493 e. The Bertz CT molecular complexity index is 500. The van der Waals surface area contributed by atoms with Crippen molar-refractivity contribution in [1.29, 1.82) is 0 Å². The predicted octanol–water partition coefficient (Wildman–Crippen LogP) is 2.56. The molecule has 0 heterocycles. The number of rotatable bonds is 9. The molecule has 1 unspecified atom stereocenters. The van der Waals surface area contributed by atoms with Gasteiger partial charge in [-0.2, -0.15) is 0 Å². The summed E-state index contributed by atoms with van der Waals surface area (Å²) in [4.78, 5) is 0. The minimum Gasteiger partial charge on any atom is -0.493 e. The molecule has 1 rings (SSSR count). The van der Waals surface area contributed by atoms with Gasteiger partial charge in [-0.15, -0.1) is 0 Å². The van der Waals surface area contributed by atoms with E-state index in [2.05, 4.69) is 19.2 Å².